The highest BCUT2D eigenvalue weighted by molar-refractivity contribution is 5.98. The second kappa shape index (κ2) is 7.69. The molecule has 2 aromatic carbocycles. The summed E-state index contributed by atoms with van der Waals surface area (Å²) in [5.41, 5.74) is 2.01. The third-order valence-electron chi connectivity index (χ3n) is 3.65. The SMILES string of the molecule is CCOc1ccc(NC(=O)C(C)OC(=O)c2ccc3ocnc3c2)cc1. The lowest BCUT2D eigenvalue weighted by Gasteiger charge is -2.14. The molecule has 7 heteroatoms. The molecule has 0 fully saturated rings. The van der Waals surface area contributed by atoms with E-state index in [1.54, 1.807) is 42.5 Å². The van der Waals surface area contributed by atoms with E-state index in [1.165, 1.54) is 13.3 Å². The minimum atomic E-state index is -0.956. The van der Waals surface area contributed by atoms with Gasteiger partial charge in [-0.15, -0.1) is 0 Å². The Balaban J connectivity index is 1.60. The van der Waals surface area contributed by atoms with Crippen LogP contribution >= 0.6 is 0 Å². The first kappa shape index (κ1) is 17.5. The van der Waals surface area contributed by atoms with Crippen molar-refractivity contribution in [3.05, 3.63) is 54.4 Å². The van der Waals surface area contributed by atoms with E-state index in [4.69, 9.17) is 13.9 Å². The van der Waals surface area contributed by atoms with Gasteiger partial charge >= 0.3 is 5.97 Å². The van der Waals surface area contributed by atoms with E-state index in [1.807, 2.05) is 6.92 Å². The Bertz CT molecular complexity index is 917. The van der Waals surface area contributed by atoms with Crippen LogP contribution in [0.4, 0.5) is 5.69 Å². The lowest BCUT2D eigenvalue weighted by Crippen LogP contribution is -2.30. The van der Waals surface area contributed by atoms with E-state index in [0.29, 0.717) is 34.7 Å². The van der Waals surface area contributed by atoms with Crippen molar-refractivity contribution in [3.63, 3.8) is 0 Å². The lowest BCUT2D eigenvalue weighted by atomic mass is 10.2. The van der Waals surface area contributed by atoms with Crippen molar-refractivity contribution < 1.29 is 23.5 Å². The average molecular weight is 354 g/mol. The summed E-state index contributed by atoms with van der Waals surface area (Å²) in [7, 11) is 0. The molecule has 0 spiro atoms. The van der Waals surface area contributed by atoms with Crippen LogP contribution < -0.4 is 10.1 Å². The molecule has 1 aromatic heterocycles. The largest absolute Gasteiger partial charge is 0.494 e. The summed E-state index contributed by atoms with van der Waals surface area (Å²) in [4.78, 5) is 28.4. The molecule has 1 amide bonds. The van der Waals surface area contributed by atoms with Gasteiger partial charge in [0, 0.05) is 5.69 Å². The van der Waals surface area contributed by atoms with Crippen LogP contribution in [0, 0.1) is 0 Å². The summed E-state index contributed by atoms with van der Waals surface area (Å²) < 4.78 is 15.7. The number of nitrogens with one attached hydrogen (secondary N) is 1. The van der Waals surface area contributed by atoms with Crippen LogP contribution in [-0.2, 0) is 9.53 Å². The topological polar surface area (TPSA) is 90.7 Å². The number of anilines is 1. The van der Waals surface area contributed by atoms with Gasteiger partial charge in [-0.25, -0.2) is 9.78 Å². The number of fused-ring (bicyclic) bond motifs is 1. The number of oxazole rings is 1. The van der Waals surface area contributed by atoms with Crippen LogP contribution in [0.1, 0.15) is 24.2 Å². The third kappa shape index (κ3) is 4.00. The highest BCUT2D eigenvalue weighted by atomic mass is 16.5. The van der Waals surface area contributed by atoms with Gasteiger partial charge in [0.25, 0.3) is 5.91 Å². The second-order valence-corrected chi connectivity index (χ2v) is 5.53. The summed E-state index contributed by atoms with van der Waals surface area (Å²) in [6.07, 6.45) is 0.342. The maximum Gasteiger partial charge on any atom is 0.338 e. The smallest absolute Gasteiger partial charge is 0.338 e. The van der Waals surface area contributed by atoms with Crippen molar-refractivity contribution in [1.82, 2.24) is 4.98 Å². The molecule has 0 aliphatic heterocycles. The van der Waals surface area contributed by atoms with Crippen molar-refractivity contribution in [3.8, 4) is 5.75 Å². The van der Waals surface area contributed by atoms with Crippen molar-refractivity contribution in [1.29, 1.82) is 0 Å². The number of ether oxygens (including phenoxy) is 2. The number of rotatable bonds is 6. The molecular formula is C19H18N2O5. The normalized spacial score (nSPS) is 11.8. The fourth-order valence-electron chi connectivity index (χ4n) is 2.31. The molecule has 0 saturated heterocycles. The van der Waals surface area contributed by atoms with Gasteiger partial charge in [-0.05, 0) is 56.3 Å². The molecule has 3 rings (SSSR count). The standard InChI is InChI=1S/C19H18N2O5/c1-3-24-15-7-5-14(6-8-15)21-18(22)12(2)26-19(23)13-4-9-17-16(10-13)20-11-25-17/h4-12H,3H2,1-2H3,(H,21,22). The van der Waals surface area contributed by atoms with E-state index in [-0.39, 0.29) is 0 Å². The van der Waals surface area contributed by atoms with Gasteiger partial charge in [0.2, 0.25) is 0 Å². The number of esters is 1. The van der Waals surface area contributed by atoms with Gasteiger partial charge in [0.15, 0.2) is 18.1 Å². The molecule has 0 saturated carbocycles. The Labute approximate surface area is 149 Å². The average Bonchev–Trinajstić information content (AvgIpc) is 3.11. The number of hydrogen-bond donors (Lipinski definition) is 1. The van der Waals surface area contributed by atoms with E-state index in [0.717, 1.165) is 0 Å². The first-order valence-corrected chi connectivity index (χ1v) is 8.15. The molecule has 26 heavy (non-hydrogen) atoms. The molecule has 1 unspecified atom stereocenters. The molecule has 0 bridgehead atoms. The first-order chi connectivity index (χ1) is 12.6. The van der Waals surface area contributed by atoms with E-state index in [9.17, 15) is 9.59 Å². The number of aromatic nitrogens is 1. The van der Waals surface area contributed by atoms with E-state index >= 15 is 0 Å². The Morgan fingerprint density at radius 3 is 2.69 bits per heavy atom. The fourth-order valence-corrected chi connectivity index (χ4v) is 2.31. The van der Waals surface area contributed by atoms with Gasteiger partial charge < -0.3 is 19.2 Å². The molecule has 0 aliphatic carbocycles. The molecule has 1 atom stereocenters. The highest BCUT2D eigenvalue weighted by Gasteiger charge is 2.19. The third-order valence-corrected chi connectivity index (χ3v) is 3.65. The Morgan fingerprint density at radius 2 is 1.96 bits per heavy atom. The number of carbonyl (C=O) groups excluding carboxylic acids is 2. The minimum Gasteiger partial charge on any atom is -0.494 e. The van der Waals surface area contributed by atoms with Gasteiger partial charge in [-0.1, -0.05) is 0 Å². The molecule has 1 heterocycles. The molecule has 7 nitrogen and oxygen atoms in total. The zero-order valence-corrected chi connectivity index (χ0v) is 14.4. The number of amides is 1. The minimum absolute atomic E-state index is 0.298. The summed E-state index contributed by atoms with van der Waals surface area (Å²) in [6.45, 7) is 3.97. The highest BCUT2D eigenvalue weighted by Crippen LogP contribution is 2.17. The Morgan fingerprint density at radius 1 is 1.19 bits per heavy atom. The zero-order valence-electron chi connectivity index (χ0n) is 14.4. The Hall–Kier alpha value is -3.35. The summed E-state index contributed by atoms with van der Waals surface area (Å²) in [6, 6.07) is 11.7. The van der Waals surface area contributed by atoms with Crippen LogP contribution in [0.25, 0.3) is 11.1 Å². The van der Waals surface area contributed by atoms with Crippen LogP contribution in [0.2, 0.25) is 0 Å². The van der Waals surface area contributed by atoms with E-state index in [2.05, 4.69) is 10.3 Å². The summed E-state index contributed by atoms with van der Waals surface area (Å²) in [5.74, 6) is -0.317. The molecule has 0 aliphatic rings. The van der Waals surface area contributed by atoms with Crippen LogP contribution in [0.15, 0.2) is 53.3 Å². The fraction of sp³-hybridized carbons (Fsp3) is 0.211. The molecule has 134 valence electrons. The maximum absolute atomic E-state index is 12.2. The number of benzene rings is 2. The Kier molecular flexibility index (Phi) is 5.17. The number of nitrogens with zero attached hydrogens (tertiary/aromatic N) is 1. The maximum atomic E-state index is 12.2. The number of hydrogen-bond acceptors (Lipinski definition) is 6. The summed E-state index contributed by atoms with van der Waals surface area (Å²) >= 11 is 0. The lowest BCUT2D eigenvalue weighted by molar-refractivity contribution is -0.123. The van der Waals surface area contributed by atoms with Crippen LogP contribution in [0.3, 0.4) is 0 Å². The van der Waals surface area contributed by atoms with Crippen molar-refractivity contribution in [2.24, 2.45) is 0 Å². The molecule has 1 N–H and O–H groups in total. The molecule has 0 radical (unpaired) electrons. The van der Waals surface area contributed by atoms with Crippen molar-refractivity contribution in [2.75, 3.05) is 11.9 Å². The first-order valence-electron chi connectivity index (χ1n) is 8.15. The number of carbonyl (C=O) groups is 2. The van der Waals surface area contributed by atoms with Gasteiger partial charge in [0.05, 0.1) is 12.2 Å². The van der Waals surface area contributed by atoms with Crippen molar-refractivity contribution >= 4 is 28.7 Å². The van der Waals surface area contributed by atoms with E-state index < -0.39 is 18.0 Å². The van der Waals surface area contributed by atoms with Gasteiger partial charge in [-0.2, -0.15) is 0 Å². The monoisotopic (exact) mass is 354 g/mol. The second-order valence-electron chi connectivity index (χ2n) is 5.53. The molecule has 3 aromatic rings. The van der Waals surface area contributed by atoms with Crippen LogP contribution in [-0.4, -0.2) is 29.6 Å². The van der Waals surface area contributed by atoms with Crippen LogP contribution in [0.5, 0.6) is 5.75 Å². The predicted molar refractivity (Wildman–Crippen MR) is 95.1 cm³/mol. The quantitative estimate of drug-likeness (QED) is 0.682. The predicted octanol–water partition coefficient (Wildman–Crippen LogP) is 3.41. The van der Waals surface area contributed by atoms with Crippen molar-refractivity contribution in [2.45, 2.75) is 20.0 Å². The molecular weight excluding hydrogens is 336 g/mol. The summed E-state index contributed by atoms with van der Waals surface area (Å²) in [5, 5.41) is 2.69. The van der Waals surface area contributed by atoms with Gasteiger partial charge in [-0.3, -0.25) is 4.79 Å². The van der Waals surface area contributed by atoms with Gasteiger partial charge in [0.1, 0.15) is 11.3 Å². The zero-order chi connectivity index (χ0) is 18.5.